The molecule has 0 fully saturated rings. The van der Waals surface area contributed by atoms with Crippen molar-refractivity contribution in [1.82, 2.24) is 0 Å². The van der Waals surface area contributed by atoms with Crippen LogP contribution in [0.2, 0.25) is 0 Å². The molecule has 2 unspecified atom stereocenters. The van der Waals surface area contributed by atoms with E-state index in [0.29, 0.717) is 37.6 Å². The molecule has 1 rings (SSSR count). The number of benzene rings is 1. The third-order valence-corrected chi connectivity index (χ3v) is 3.87. The normalized spacial score (nSPS) is 13.7. The topological polar surface area (TPSA) is 95.8 Å². The average Bonchev–Trinajstić information content (AvgIpc) is 2.65. The number of hydrogen-bond acceptors (Lipinski definition) is 8. The van der Waals surface area contributed by atoms with Crippen LogP contribution >= 0.6 is 0 Å². The van der Waals surface area contributed by atoms with Gasteiger partial charge in [0.1, 0.15) is 12.2 Å². The fourth-order valence-electron chi connectivity index (χ4n) is 2.45. The molecule has 26 heavy (non-hydrogen) atoms. The Bertz CT molecular complexity index is 508. The second kappa shape index (κ2) is 12.9. The quantitative estimate of drug-likeness (QED) is 0.376. The van der Waals surface area contributed by atoms with E-state index in [-0.39, 0.29) is 24.7 Å². The van der Waals surface area contributed by atoms with Gasteiger partial charge >= 0.3 is 0 Å². The highest BCUT2D eigenvalue weighted by molar-refractivity contribution is 5.51. The van der Waals surface area contributed by atoms with Crippen LogP contribution in [0.25, 0.3) is 0 Å². The monoisotopic (exact) mass is 374 g/mol. The predicted octanol–water partition coefficient (Wildman–Crippen LogP) is 1.80. The van der Waals surface area contributed by atoms with Crippen LogP contribution in [0.4, 0.5) is 0 Å². The number of methoxy groups -OCH3 is 4. The first-order chi connectivity index (χ1) is 12.6. The van der Waals surface area contributed by atoms with Crippen molar-refractivity contribution in [2.45, 2.75) is 12.2 Å². The van der Waals surface area contributed by atoms with Crippen molar-refractivity contribution in [1.29, 1.82) is 0 Å². The van der Waals surface area contributed by atoms with E-state index in [1.165, 1.54) is 13.2 Å². The van der Waals surface area contributed by atoms with Crippen molar-refractivity contribution in [3.63, 3.8) is 0 Å². The Morgan fingerprint density at radius 3 is 1.81 bits per heavy atom. The summed E-state index contributed by atoms with van der Waals surface area (Å²) in [6, 6.07) is 3.09. The number of rotatable bonds is 14. The van der Waals surface area contributed by atoms with Crippen LogP contribution in [-0.2, 0) is 28.4 Å². The van der Waals surface area contributed by atoms with Gasteiger partial charge in [0.2, 0.25) is 0 Å². The lowest BCUT2D eigenvalue weighted by Crippen LogP contribution is -2.19. The summed E-state index contributed by atoms with van der Waals surface area (Å²) in [4.78, 5) is 0. The lowest BCUT2D eigenvalue weighted by atomic mass is 9.96. The smallest absolute Gasteiger partial charge is 0.163 e. The Morgan fingerprint density at radius 1 is 0.769 bits per heavy atom. The van der Waals surface area contributed by atoms with E-state index < -0.39 is 12.2 Å². The van der Waals surface area contributed by atoms with Crippen LogP contribution in [0.5, 0.6) is 11.5 Å². The van der Waals surface area contributed by atoms with Crippen LogP contribution in [0, 0.1) is 0 Å². The molecule has 0 aliphatic rings. The molecule has 0 spiro atoms. The summed E-state index contributed by atoms with van der Waals surface area (Å²) in [7, 11) is 6.24. The van der Waals surface area contributed by atoms with Crippen molar-refractivity contribution in [3.8, 4) is 11.5 Å². The average molecular weight is 374 g/mol. The van der Waals surface area contributed by atoms with E-state index in [9.17, 15) is 10.2 Å². The van der Waals surface area contributed by atoms with E-state index in [4.69, 9.17) is 28.4 Å². The Kier molecular flexibility index (Phi) is 11.2. The molecule has 150 valence electrons. The van der Waals surface area contributed by atoms with Gasteiger partial charge < -0.3 is 38.6 Å². The highest BCUT2D eigenvalue weighted by Gasteiger charge is 2.26. The van der Waals surface area contributed by atoms with Crippen molar-refractivity contribution < 1.29 is 38.6 Å². The number of phenolic OH excluding ortho intramolecular Hbond substituents is 2. The minimum atomic E-state index is -0.592. The first-order valence-electron chi connectivity index (χ1n) is 8.34. The molecule has 2 atom stereocenters. The molecule has 0 aliphatic carbocycles. The summed E-state index contributed by atoms with van der Waals surface area (Å²) >= 11 is 0. The van der Waals surface area contributed by atoms with Gasteiger partial charge in [0, 0.05) is 34.0 Å². The lowest BCUT2D eigenvalue weighted by molar-refractivity contribution is -0.0198. The third kappa shape index (κ3) is 6.71. The SMILES string of the molecule is COCCOCC(OC)c1ccc(O)c(O)c1C(COCCOC)OC. The number of phenols is 2. The summed E-state index contributed by atoms with van der Waals surface area (Å²) in [6.07, 6.45) is -1.05. The Morgan fingerprint density at radius 2 is 1.31 bits per heavy atom. The number of ether oxygens (including phenoxy) is 6. The van der Waals surface area contributed by atoms with E-state index in [0.717, 1.165) is 0 Å². The first-order valence-corrected chi connectivity index (χ1v) is 8.34. The summed E-state index contributed by atoms with van der Waals surface area (Å²) in [5.41, 5.74) is 1.06. The third-order valence-electron chi connectivity index (χ3n) is 3.87. The summed E-state index contributed by atoms with van der Waals surface area (Å²) < 4.78 is 32.0. The molecule has 2 N–H and O–H groups in total. The van der Waals surface area contributed by atoms with Gasteiger partial charge in [0.05, 0.1) is 39.6 Å². The molecule has 0 aromatic heterocycles. The minimum Gasteiger partial charge on any atom is -0.504 e. The maximum absolute atomic E-state index is 10.4. The Balaban J connectivity index is 3.00. The molecule has 8 heteroatoms. The fraction of sp³-hybridized carbons (Fsp3) is 0.667. The fourth-order valence-corrected chi connectivity index (χ4v) is 2.45. The molecule has 0 radical (unpaired) electrons. The number of hydrogen-bond donors (Lipinski definition) is 2. The molecule has 0 saturated carbocycles. The van der Waals surface area contributed by atoms with E-state index in [2.05, 4.69) is 0 Å². The molecule has 0 heterocycles. The maximum atomic E-state index is 10.4. The van der Waals surface area contributed by atoms with Gasteiger partial charge in [-0.1, -0.05) is 6.07 Å². The van der Waals surface area contributed by atoms with Crippen LogP contribution in [0.1, 0.15) is 23.3 Å². The molecular weight excluding hydrogens is 344 g/mol. The lowest BCUT2D eigenvalue weighted by Gasteiger charge is -2.25. The molecule has 1 aromatic carbocycles. The molecule has 0 bridgehead atoms. The summed E-state index contributed by atoms with van der Waals surface area (Å²) in [5, 5.41) is 20.3. The molecular formula is C18H30O8. The minimum absolute atomic E-state index is 0.185. The highest BCUT2D eigenvalue weighted by atomic mass is 16.5. The van der Waals surface area contributed by atoms with E-state index in [1.807, 2.05) is 0 Å². The van der Waals surface area contributed by atoms with Crippen LogP contribution < -0.4 is 0 Å². The zero-order valence-corrected chi connectivity index (χ0v) is 15.9. The van der Waals surface area contributed by atoms with Crippen LogP contribution in [0.3, 0.4) is 0 Å². The second-order valence-corrected chi connectivity index (χ2v) is 5.52. The van der Waals surface area contributed by atoms with E-state index >= 15 is 0 Å². The van der Waals surface area contributed by atoms with Crippen molar-refractivity contribution in [2.75, 3.05) is 68.1 Å². The van der Waals surface area contributed by atoms with Crippen molar-refractivity contribution >= 4 is 0 Å². The molecule has 0 saturated heterocycles. The van der Waals surface area contributed by atoms with Crippen LogP contribution in [-0.4, -0.2) is 78.3 Å². The van der Waals surface area contributed by atoms with Crippen LogP contribution in [0.15, 0.2) is 12.1 Å². The molecule has 8 nitrogen and oxygen atoms in total. The van der Waals surface area contributed by atoms with Gasteiger partial charge in [-0.15, -0.1) is 0 Å². The zero-order valence-electron chi connectivity index (χ0n) is 15.9. The molecule has 0 aliphatic heterocycles. The zero-order chi connectivity index (χ0) is 19.4. The first kappa shape index (κ1) is 22.6. The van der Waals surface area contributed by atoms with Gasteiger partial charge in [-0.25, -0.2) is 0 Å². The van der Waals surface area contributed by atoms with Gasteiger partial charge in [-0.05, 0) is 11.6 Å². The summed E-state index contributed by atoms with van der Waals surface area (Å²) in [5.74, 6) is -0.499. The Labute approximate surface area is 154 Å². The Hall–Kier alpha value is -1.42. The second-order valence-electron chi connectivity index (χ2n) is 5.52. The standard InChI is InChI=1S/C18H30O8/c1-21-7-9-25-11-15(23-3)13-5-6-14(19)18(20)17(13)16(24-4)12-26-10-8-22-2/h5-6,15-16,19-20H,7-12H2,1-4H3. The van der Waals surface area contributed by atoms with Crippen molar-refractivity contribution in [2.24, 2.45) is 0 Å². The summed E-state index contributed by atoms with van der Waals surface area (Å²) in [6.45, 7) is 2.17. The molecule has 1 aromatic rings. The van der Waals surface area contributed by atoms with Gasteiger partial charge in [0.25, 0.3) is 0 Å². The van der Waals surface area contributed by atoms with Crippen molar-refractivity contribution in [3.05, 3.63) is 23.3 Å². The molecule has 0 amide bonds. The van der Waals surface area contributed by atoms with Gasteiger partial charge in [-0.2, -0.15) is 0 Å². The maximum Gasteiger partial charge on any atom is 0.163 e. The van der Waals surface area contributed by atoms with Gasteiger partial charge in [0.15, 0.2) is 11.5 Å². The largest absolute Gasteiger partial charge is 0.504 e. The highest BCUT2D eigenvalue weighted by Crippen LogP contribution is 2.40. The predicted molar refractivity (Wildman–Crippen MR) is 94.7 cm³/mol. The van der Waals surface area contributed by atoms with E-state index in [1.54, 1.807) is 27.4 Å². The number of aromatic hydroxyl groups is 2. The van der Waals surface area contributed by atoms with Gasteiger partial charge in [-0.3, -0.25) is 0 Å².